The molecule has 2 amide bonds. The van der Waals surface area contributed by atoms with E-state index >= 15 is 0 Å². The first-order valence-corrected chi connectivity index (χ1v) is 10.5. The molecule has 1 atom stereocenters. The summed E-state index contributed by atoms with van der Waals surface area (Å²) in [6.45, 7) is 0.156. The fourth-order valence-corrected chi connectivity index (χ4v) is 3.40. The Labute approximate surface area is 185 Å². The molecule has 0 aliphatic heterocycles. The largest absolute Gasteiger partial charge is 0.490 e. The monoisotopic (exact) mass is 442 g/mol. The van der Waals surface area contributed by atoms with E-state index in [-0.39, 0.29) is 19.2 Å². The summed E-state index contributed by atoms with van der Waals surface area (Å²) in [6.07, 6.45) is 4.62. The molecular formula is C22H27FN6O3. The van der Waals surface area contributed by atoms with Gasteiger partial charge in [-0.15, -0.1) is 0 Å². The lowest BCUT2D eigenvalue weighted by Crippen LogP contribution is -2.37. The van der Waals surface area contributed by atoms with Crippen LogP contribution in [-0.4, -0.2) is 72.5 Å². The minimum Gasteiger partial charge on any atom is -0.490 e. The van der Waals surface area contributed by atoms with Crippen molar-refractivity contribution in [3.05, 3.63) is 30.6 Å². The van der Waals surface area contributed by atoms with Crippen LogP contribution in [0.15, 0.2) is 30.6 Å². The summed E-state index contributed by atoms with van der Waals surface area (Å²) in [4.78, 5) is 25.7. The number of rotatable bonds is 9. The number of hydrogen-bond donors (Lipinski definition) is 3. The molecule has 3 aromatic heterocycles. The minimum absolute atomic E-state index is 0.0799. The van der Waals surface area contributed by atoms with E-state index in [1.807, 2.05) is 18.3 Å². The number of hydrogen-bond acceptors (Lipinski definition) is 6. The number of H-pyrrole nitrogens is 1. The average Bonchev–Trinajstić information content (AvgIpc) is 3.48. The van der Waals surface area contributed by atoms with Crippen LogP contribution in [-0.2, 0) is 0 Å². The Morgan fingerprint density at radius 1 is 1.34 bits per heavy atom. The molecule has 3 N–H and O–H groups in total. The molecule has 9 nitrogen and oxygen atoms in total. The highest BCUT2D eigenvalue weighted by atomic mass is 19.1. The molecule has 170 valence electrons. The van der Waals surface area contributed by atoms with Crippen LogP contribution >= 0.6 is 0 Å². The van der Waals surface area contributed by atoms with Gasteiger partial charge in [-0.1, -0.05) is 0 Å². The summed E-state index contributed by atoms with van der Waals surface area (Å²) in [5, 5.41) is 5.99. The van der Waals surface area contributed by atoms with E-state index < -0.39 is 12.2 Å². The molecule has 1 saturated carbocycles. The van der Waals surface area contributed by atoms with E-state index in [2.05, 4.69) is 25.6 Å². The van der Waals surface area contributed by atoms with Gasteiger partial charge in [0.25, 0.3) is 0 Å². The molecule has 0 aromatic carbocycles. The van der Waals surface area contributed by atoms with Crippen LogP contribution in [0.2, 0.25) is 0 Å². The molecule has 3 heterocycles. The number of alkyl halides is 1. The summed E-state index contributed by atoms with van der Waals surface area (Å²) >= 11 is 0. The summed E-state index contributed by atoms with van der Waals surface area (Å²) in [5.41, 5.74) is 2.17. The van der Waals surface area contributed by atoms with Crippen LogP contribution in [0.3, 0.4) is 0 Å². The quantitative estimate of drug-likeness (QED) is 0.470. The van der Waals surface area contributed by atoms with Crippen molar-refractivity contribution < 1.29 is 18.7 Å². The second kappa shape index (κ2) is 9.39. The number of aromatic amines is 1. The van der Waals surface area contributed by atoms with Gasteiger partial charge < -0.3 is 24.7 Å². The van der Waals surface area contributed by atoms with Gasteiger partial charge in [-0.3, -0.25) is 5.32 Å². The predicted octanol–water partition coefficient (Wildman–Crippen LogP) is 3.20. The number of ether oxygens (including phenoxy) is 2. The van der Waals surface area contributed by atoms with Gasteiger partial charge in [0, 0.05) is 29.9 Å². The molecule has 0 spiro atoms. The first-order chi connectivity index (χ1) is 15.4. The van der Waals surface area contributed by atoms with Crippen LogP contribution in [0, 0.1) is 0 Å². The fourth-order valence-electron chi connectivity index (χ4n) is 3.40. The van der Waals surface area contributed by atoms with E-state index in [0.29, 0.717) is 23.1 Å². The Kier molecular flexibility index (Phi) is 6.40. The predicted molar refractivity (Wildman–Crippen MR) is 120 cm³/mol. The Bertz CT molecular complexity index is 1100. The van der Waals surface area contributed by atoms with Gasteiger partial charge in [-0.05, 0) is 45.1 Å². The van der Waals surface area contributed by atoms with Crippen molar-refractivity contribution >= 4 is 22.9 Å². The van der Waals surface area contributed by atoms with Crippen molar-refractivity contribution in [1.82, 2.24) is 25.2 Å². The number of aromatic nitrogens is 3. The maximum atomic E-state index is 13.8. The lowest BCUT2D eigenvalue weighted by atomic mass is 10.1. The minimum atomic E-state index is -1.15. The Hall–Kier alpha value is -3.40. The van der Waals surface area contributed by atoms with Gasteiger partial charge in [-0.2, -0.15) is 0 Å². The maximum Gasteiger partial charge on any atom is 0.320 e. The Balaban J connectivity index is 1.52. The van der Waals surface area contributed by atoms with E-state index in [0.717, 1.165) is 29.4 Å². The van der Waals surface area contributed by atoms with Crippen LogP contribution in [0.1, 0.15) is 12.8 Å². The van der Waals surface area contributed by atoms with Crippen molar-refractivity contribution in [2.24, 2.45) is 0 Å². The van der Waals surface area contributed by atoms with Gasteiger partial charge >= 0.3 is 6.03 Å². The fraction of sp³-hybridized carbons (Fsp3) is 0.409. The van der Waals surface area contributed by atoms with E-state index in [9.17, 15) is 9.18 Å². The number of anilines is 1. The number of urea groups is 1. The molecule has 3 aromatic rings. The molecule has 1 aliphatic carbocycles. The van der Waals surface area contributed by atoms with Crippen molar-refractivity contribution in [3.8, 4) is 22.8 Å². The third kappa shape index (κ3) is 5.08. The SMILES string of the molecule is COc1nccc(OC2CC2)c1-c1c[nH]c2nc(NC(=O)NC[C@@H](F)CN(C)C)ccc12. The molecule has 0 radical (unpaired) electrons. The van der Waals surface area contributed by atoms with Gasteiger partial charge in [0.1, 0.15) is 23.4 Å². The first kappa shape index (κ1) is 21.8. The summed E-state index contributed by atoms with van der Waals surface area (Å²) in [7, 11) is 5.12. The first-order valence-electron chi connectivity index (χ1n) is 10.5. The highest BCUT2D eigenvalue weighted by Crippen LogP contribution is 2.42. The number of carbonyl (C=O) groups is 1. The number of methoxy groups -OCH3 is 1. The van der Waals surface area contributed by atoms with E-state index in [1.54, 1.807) is 38.4 Å². The molecule has 0 unspecified atom stereocenters. The second-order valence-corrected chi connectivity index (χ2v) is 8.00. The number of pyridine rings is 2. The van der Waals surface area contributed by atoms with Gasteiger partial charge in [-0.25, -0.2) is 19.2 Å². The van der Waals surface area contributed by atoms with Gasteiger partial charge in [0.2, 0.25) is 5.88 Å². The Morgan fingerprint density at radius 3 is 2.88 bits per heavy atom. The number of carbonyl (C=O) groups excluding carboxylic acids is 1. The zero-order valence-corrected chi connectivity index (χ0v) is 18.3. The summed E-state index contributed by atoms with van der Waals surface area (Å²) < 4.78 is 25.3. The molecule has 4 rings (SSSR count). The second-order valence-electron chi connectivity index (χ2n) is 8.00. The van der Waals surface area contributed by atoms with Crippen LogP contribution in [0.4, 0.5) is 15.0 Å². The van der Waals surface area contributed by atoms with Crippen molar-refractivity contribution in [2.75, 3.05) is 39.6 Å². The summed E-state index contributed by atoms with van der Waals surface area (Å²) in [5.74, 6) is 1.52. The number of nitrogens with one attached hydrogen (secondary N) is 3. The van der Waals surface area contributed by atoms with Crippen molar-refractivity contribution in [3.63, 3.8) is 0 Å². The summed E-state index contributed by atoms with van der Waals surface area (Å²) in [6, 6.07) is 4.85. The van der Waals surface area contributed by atoms with Crippen LogP contribution < -0.4 is 20.1 Å². The van der Waals surface area contributed by atoms with Gasteiger partial charge in [0.05, 0.1) is 25.3 Å². The Morgan fingerprint density at radius 2 is 2.16 bits per heavy atom. The molecule has 0 saturated heterocycles. The smallest absolute Gasteiger partial charge is 0.320 e. The third-order valence-electron chi connectivity index (χ3n) is 4.99. The van der Waals surface area contributed by atoms with Crippen LogP contribution in [0.5, 0.6) is 11.6 Å². The van der Waals surface area contributed by atoms with E-state index in [4.69, 9.17) is 9.47 Å². The zero-order chi connectivity index (χ0) is 22.7. The maximum absolute atomic E-state index is 13.8. The average molecular weight is 442 g/mol. The highest BCUT2D eigenvalue weighted by molar-refractivity contribution is 5.98. The van der Waals surface area contributed by atoms with Crippen molar-refractivity contribution in [1.29, 1.82) is 0 Å². The molecular weight excluding hydrogens is 415 g/mol. The molecule has 1 aliphatic rings. The van der Waals surface area contributed by atoms with Crippen molar-refractivity contribution in [2.45, 2.75) is 25.1 Å². The molecule has 10 heteroatoms. The lowest BCUT2D eigenvalue weighted by Gasteiger charge is -2.14. The number of amides is 2. The molecule has 1 fully saturated rings. The van der Waals surface area contributed by atoms with Gasteiger partial charge in [0.15, 0.2) is 0 Å². The number of nitrogens with zero attached hydrogens (tertiary/aromatic N) is 3. The van der Waals surface area contributed by atoms with E-state index in [1.165, 1.54) is 0 Å². The topological polar surface area (TPSA) is 104 Å². The van der Waals surface area contributed by atoms with Crippen LogP contribution in [0.25, 0.3) is 22.2 Å². The number of halogens is 1. The highest BCUT2D eigenvalue weighted by Gasteiger charge is 2.27. The lowest BCUT2D eigenvalue weighted by molar-refractivity contribution is 0.228. The third-order valence-corrected chi connectivity index (χ3v) is 4.99. The molecule has 0 bridgehead atoms. The number of fused-ring (bicyclic) bond motifs is 1. The standard InChI is InChI=1S/C22H27FN6O3/c1-29(2)12-13(23)10-26-22(30)28-18-7-6-15-16(11-25-20(15)27-18)19-17(32-14-4-5-14)8-9-24-21(19)31-3/h6-9,11,13-14H,4-5,10,12H2,1-3H3,(H3,25,26,27,28,30)/t13-/m1/s1. The zero-order valence-electron chi connectivity index (χ0n) is 18.3. The molecule has 32 heavy (non-hydrogen) atoms. The normalized spacial score (nSPS) is 14.4.